The summed E-state index contributed by atoms with van der Waals surface area (Å²) in [6.07, 6.45) is 7.11. The van der Waals surface area contributed by atoms with Gasteiger partial charge in [-0.2, -0.15) is 0 Å². The lowest BCUT2D eigenvalue weighted by atomic mass is 9.96. The third-order valence-electron chi connectivity index (χ3n) is 5.33. The fraction of sp³-hybridized carbons (Fsp3) is 0.480. The minimum atomic E-state index is -0.304. The summed E-state index contributed by atoms with van der Waals surface area (Å²) in [5.74, 6) is 7.29. The number of carbonyl (C=O) groups is 1. The molecule has 1 amide bonds. The molecular formula is C25H39N7O2S. The molecule has 0 atom stereocenters. The van der Waals surface area contributed by atoms with Crippen molar-refractivity contribution in [2.24, 2.45) is 16.7 Å². The predicted octanol–water partition coefficient (Wildman–Crippen LogP) is 3.33. The van der Waals surface area contributed by atoms with E-state index in [1.54, 1.807) is 33.2 Å². The summed E-state index contributed by atoms with van der Waals surface area (Å²) in [6, 6.07) is 11.6. The van der Waals surface area contributed by atoms with Crippen LogP contribution in [-0.2, 0) is 6.54 Å². The first kappa shape index (κ1) is 28.4. The van der Waals surface area contributed by atoms with E-state index < -0.39 is 0 Å². The number of nitrogens with two attached hydrogens (primary N) is 2. The lowest BCUT2D eigenvalue weighted by Crippen LogP contribution is -2.27. The van der Waals surface area contributed by atoms with E-state index in [9.17, 15) is 4.79 Å². The number of carbonyl (C=O) groups excluding carboxylic acids is 1. The Labute approximate surface area is 213 Å². The first-order chi connectivity index (χ1) is 16.8. The predicted molar refractivity (Wildman–Crippen MR) is 144 cm³/mol. The monoisotopic (exact) mass is 501 g/mol. The maximum Gasteiger partial charge on any atom is 0.270 e. The van der Waals surface area contributed by atoms with Gasteiger partial charge in [0.25, 0.3) is 5.91 Å². The number of aryl methyl sites for hydroxylation is 1. The van der Waals surface area contributed by atoms with Crippen LogP contribution in [0.5, 0.6) is 5.75 Å². The van der Waals surface area contributed by atoms with Gasteiger partial charge in [-0.05, 0) is 49.6 Å². The van der Waals surface area contributed by atoms with Crippen LogP contribution in [0.15, 0.2) is 41.5 Å². The van der Waals surface area contributed by atoms with Gasteiger partial charge < -0.3 is 15.8 Å². The molecule has 1 aromatic carbocycles. The van der Waals surface area contributed by atoms with Crippen LogP contribution in [0.3, 0.4) is 0 Å². The zero-order valence-corrected chi connectivity index (χ0v) is 22.0. The molecule has 1 aromatic heterocycles. The molecule has 1 saturated carbocycles. The lowest BCUT2D eigenvalue weighted by molar-refractivity contribution is 0.0945. The number of ether oxygens (including phenoxy) is 1. The number of pyridine rings is 1. The van der Waals surface area contributed by atoms with Gasteiger partial charge in [-0.25, -0.2) is 15.9 Å². The number of aromatic nitrogens is 1. The first-order valence-corrected chi connectivity index (χ1v) is 12.9. The highest BCUT2D eigenvalue weighted by Gasteiger charge is 2.12. The minimum Gasteiger partial charge on any atom is -0.497 e. The van der Waals surface area contributed by atoms with Crippen LogP contribution in [0.4, 0.5) is 0 Å². The van der Waals surface area contributed by atoms with Gasteiger partial charge in [0.05, 0.1) is 7.11 Å². The van der Waals surface area contributed by atoms with Crippen molar-refractivity contribution in [3.05, 3.63) is 58.9 Å². The second-order valence-electron chi connectivity index (χ2n) is 8.36. The largest absolute Gasteiger partial charge is 0.497 e. The number of amidine groups is 1. The Hall–Kier alpha value is -2.82. The number of benzene rings is 1. The minimum absolute atomic E-state index is 0.206. The number of nitrogens with one attached hydrogen (secondary N) is 2. The van der Waals surface area contributed by atoms with Gasteiger partial charge in [-0.3, -0.25) is 9.52 Å². The summed E-state index contributed by atoms with van der Waals surface area (Å²) in [5.41, 5.74) is 8.30. The molecule has 1 aliphatic carbocycles. The van der Waals surface area contributed by atoms with E-state index in [4.69, 9.17) is 16.3 Å². The normalized spacial score (nSPS) is 14.0. The molecule has 1 aliphatic rings. The summed E-state index contributed by atoms with van der Waals surface area (Å²) < 4.78 is 8.66. The number of hydrogen-bond acceptors (Lipinski definition) is 8. The number of nitrogens with zero attached hydrogens (tertiary/aromatic N) is 3. The molecule has 2 aromatic rings. The average Bonchev–Trinajstić information content (AvgIpc) is 2.86. The van der Waals surface area contributed by atoms with Gasteiger partial charge in [-0.15, -0.1) is 5.10 Å². The van der Waals surface area contributed by atoms with Crippen LogP contribution in [0.2, 0.25) is 0 Å². The van der Waals surface area contributed by atoms with Crippen molar-refractivity contribution >= 4 is 23.7 Å². The summed E-state index contributed by atoms with van der Waals surface area (Å²) in [7, 11) is 3.16. The molecule has 192 valence electrons. The number of hydrazine groups is 1. The van der Waals surface area contributed by atoms with Gasteiger partial charge in [0.1, 0.15) is 11.4 Å². The van der Waals surface area contributed by atoms with Crippen molar-refractivity contribution in [2.45, 2.75) is 58.5 Å². The van der Waals surface area contributed by atoms with Gasteiger partial charge >= 0.3 is 0 Å². The molecule has 1 fully saturated rings. The van der Waals surface area contributed by atoms with E-state index >= 15 is 0 Å². The third-order valence-corrected chi connectivity index (χ3v) is 6.12. The van der Waals surface area contributed by atoms with Gasteiger partial charge in [0.15, 0.2) is 5.84 Å². The first-order valence-electron chi connectivity index (χ1n) is 11.9. The molecular weight excluding hydrogens is 462 g/mol. The number of hydrogen-bond donors (Lipinski definition) is 4. The van der Waals surface area contributed by atoms with E-state index in [2.05, 4.69) is 27.0 Å². The standard InChI is InChI=1S/C17H22N6O2.C8H17NS/c1-11-7-13(16(18)22-23(2)19)9-15(21-11)17(24)20-10-12-5-4-6-14(8-12)25-3;1-2-10-9-8-6-4-3-5-7-8/h4-9H,10,19H2,1-3H3,(H2,18,22)(H,20,24);8-9H,2-7H2,1H3. The second-order valence-corrected chi connectivity index (χ2v) is 9.46. The number of rotatable bonds is 9. The Bertz CT molecular complexity index is 963. The van der Waals surface area contributed by atoms with Crippen molar-refractivity contribution in [1.29, 1.82) is 0 Å². The van der Waals surface area contributed by atoms with Crippen LogP contribution >= 0.6 is 11.9 Å². The molecule has 0 spiro atoms. The van der Waals surface area contributed by atoms with E-state index in [0.29, 0.717) is 17.8 Å². The Morgan fingerprint density at radius 1 is 1.26 bits per heavy atom. The lowest BCUT2D eigenvalue weighted by Gasteiger charge is -2.21. The molecule has 0 aliphatic heterocycles. The van der Waals surface area contributed by atoms with Crippen LogP contribution in [0, 0.1) is 6.92 Å². The zero-order valence-electron chi connectivity index (χ0n) is 21.2. The number of hydrazone groups is 1. The van der Waals surface area contributed by atoms with Crippen LogP contribution in [0.1, 0.15) is 66.3 Å². The number of methoxy groups -OCH3 is 1. The molecule has 6 N–H and O–H groups in total. The van der Waals surface area contributed by atoms with Gasteiger partial charge in [-0.1, -0.05) is 50.3 Å². The Morgan fingerprint density at radius 3 is 2.66 bits per heavy atom. The topological polar surface area (TPSA) is 131 Å². The maximum atomic E-state index is 12.4. The van der Waals surface area contributed by atoms with Crippen LogP contribution < -0.4 is 26.4 Å². The Morgan fingerprint density at radius 2 is 2.00 bits per heavy atom. The summed E-state index contributed by atoms with van der Waals surface area (Å²) >= 11 is 1.86. The van der Waals surface area contributed by atoms with Crippen molar-refractivity contribution < 1.29 is 9.53 Å². The highest BCUT2D eigenvalue weighted by molar-refractivity contribution is 7.97. The molecule has 0 bridgehead atoms. The van der Waals surface area contributed by atoms with Crippen molar-refractivity contribution in [3.63, 3.8) is 0 Å². The Balaban J connectivity index is 0.000000360. The van der Waals surface area contributed by atoms with E-state index in [0.717, 1.165) is 22.5 Å². The highest BCUT2D eigenvalue weighted by Crippen LogP contribution is 2.19. The van der Waals surface area contributed by atoms with Crippen LogP contribution in [0.25, 0.3) is 0 Å². The second kappa shape index (κ2) is 15.2. The molecule has 0 radical (unpaired) electrons. The van der Waals surface area contributed by atoms with E-state index in [1.807, 2.05) is 36.2 Å². The smallest absolute Gasteiger partial charge is 0.270 e. The van der Waals surface area contributed by atoms with Crippen molar-refractivity contribution in [3.8, 4) is 5.75 Å². The average molecular weight is 502 g/mol. The molecule has 35 heavy (non-hydrogen) atoms. The maximum absolute atomic E-state index is 12.4. The molecule has 0 unspecified atom stereocenters. The van der Waals surface area contributed by atoms with Crippen molar-refractivity contribution in [1.82, 2.24) is 20.1 Å². The summed E-state index contributed by atoms with van der Waals surface area (Å²) in [5, 5.41) is 7.87. The quantitative estimate of drug-likeness (QED) is 0.135. The van der Waals surface area contributed by atoms with Gasteiger partial charge in [0.2, 0.25) is 0 Å². The zero-order chi connectivity index (χ0) is 25.6. The molecule has 1 heterocycles. The van der Waals surface area contributed by atoms with Crippen LogP contribution in [-0.4, -0.2) is 47.8 Å². The number of amides is 1. The molecule has 3 rings (SSSR count). The SMILES string of the molecule is CCSNC1CCCCC1.COc1cccc(CNC(=O)c2cc(/C(N)=N/N(C)N)cc(C)n2)c1. The summed E-state index contributed by atoms with van der Waals surface area (Å²) in [6.45, 7) is 4.33. The molecule has 0 saturated heterocycles. The summed E-state index contributed by atoms with van der Waals surface area (Å²) in [4.78, 5) is 16.7. The molecule has 9 nitrogen and oxygen atoms in total. The van der Waals surface area contributed by atoms with Crippen molar-refractivity contribution in [2.75, 3.05) is 19.9 Å². The van der Waals surface area contributed by atoms with E-state index in [-0.39, 0.29) is 17.4 Å². The fourth-order valence-electron chi connectivity index (χ4n) is 3.64. The Kier molecular flexibility index (Phi) is 12.4. The fourth-order valence-corrected chi connectivity index (χ4v) is 4.28. The third kappa shape index (κ3) is 10.5. The molecule has 10 heteroatoms. The van der Waals surface area contributed by atoms with E-state index in [1.165, 1.54) is 37.9 Å². The highest BCUT2D eigenvalue weighted by atomic mass is 32.2. The van der Waals surface area contributed by atoms with Gasteiger partial charge in [0, 0.05) is 36.6 Å².